The van der Waals surface area contributed by atoms with Crippen molar-refractivity contribution in [3.63, 3.8) is 0 Å². The standard InChI is InChI=1S/C23H33NO4/c1-3-4-5-6-7-8-9-10-11-14-17-27-28-23(26)24-19(2)21(18-25)20-15-12-13-16-22(20)24/h12-13,15-16,18H,3-11,14,17H2,1-2H3. The molecule has 154 valence electrons. The van der Waals surface area contributed by atoms with Gasteiger partial charge in [0.1, 0.15) is 0 Å². The Balaban J connectivity index is 1.65. The highest BCUT2D eigenvalue weighted by Crippen LogP contribution is 2.24. The van der Waals surface area contributed by atoms with Crippen molar-refractivity contribution in [1.29, 1.82) is 0 Å². The van der Waals surface area contributed by atoms with E-state index in [4.69, 9.17) is 9.78 Å². The number of carbonyl (C=O) groups excluding carboxylic acids is 2. The van der Waals surface area contributed by atoms with Crippen molar-refractivity contribution in [2.75, 3.05) is 6.61 Å². The van der Waals surface area contributed by atoms with Gasteiger partial charge in [0, 0.05) is 16.6 Å². The molecule has 0 radical (unpaired) electrons. The minimum Gasteiger partial charge on any atom is -0.298 e. The topological polar surface area (TPSA) is 57.5 Å². The van der Waals surface area contributed by atoms with E-state index in [0.717, 1.165) is 24.5 Å². The highest BCUT2D eigenvalue weighted by atomic mass is 17.2. The van der Waals surface area contributed by atoms with Gasteiger partial charge in [-0.1, -0.05) is 82.9 Å². The number of para-hydroxylation sites is 1. The molecule has 0 N–H and O–H groups in total. The molecule has 0 saturated carbocycles. The third-order valence-electron chi connectivity index (χ3n) is 5.17. The molecule has 0 fully saturated rings. The van der Waals surface area contributed by atoms with Gasteiger partial charge >= 0.3 is 6.09 Å². The summed E-state index contributed by atoms with van der Waals surface area (Å²) in [7, 11) is 0. The Morgan fingerprint density at radius 3 is 2.21 bits per heavy atom. The summed E-state index contributed by atoms with van der Waals surface area (Å²) in [5.74, 6) is 0. The first-order chi connectivity index (χ1) is 13.7. The van der Waals surface area contributed by atoms with Gasteiger partial charge in [0.05, 0.1) is 12.1 Å². The van der Waals surface area contributed by atoms with E-state index in [9.17, 15) is 9.59 Å². The maximum absolute atomic E-state index is 12.4. The van der Waals surface area contributed by atoms with E-state index < -0.39 is 6.09 Å². The third-order valence-corrected chi connectivity index (χ3v) is 5.17. The molecule has 1 aromatic heterocycles. The molecule has 0 bridgehead atoms. The fraction of sp³-hybridized carbons (Fsp3) is 0.565. The van der Waals surface area contributed by atoms with Crippen LogP contribution in [-0.2, 0) is 9.78 Å². The molecule has 0 spiro atoms. The van der Waals surface area contributed by atoms with Gasteiger partial charge in [0.2, 0.25) is 0 Å². The number of fused-ring (bicyclic) bond motifs is 1. The molecule has 0 amide bonds. The zero-order valence-corrected chi connectivity index (χ0v) is 17.2. The number of hydrogen-bond acceptors (Lipinski definition) is 4. The van der Waals surface area contributed by atoms with Crippen LogP contribution < -0.4 is 0 Å². The van der Waals surface area contributed by atoms with E-state index in [2.05, 4.69) is 6.92 Å². The molecule has 0 aliphatic heterocycles. The van der Waals surface area contributed by atoms with Crippen LogP contribution >= 0.6 is 0 Å². The minimum atomic E-state index is -0.617. The summed E-state index contributed by atoms with van der Waals surface area (Å²) in [4.78, 5) is 33.8. The Bertz CT molecular complexity index is 750. The van der Waals surface area contributed by atoms with Gasteiger partial charge in [0.15, 0.2) is 6.29 Å². The predicted octanol–water partition coefficient (Wildman–Crippen LogP) is 6.60. The monoisotopic (exact) mass is 387 g/mol. The summed E-state index contributed by atoms with van der Waals surface area (Å²) in [5, 5.41) is 0.738. The zero-order chi connectivity index (χ0) is 20.2. The van der Waals surface area contributed by atoms with Crippen molar-refractivity contribution < 1.29 is 19.4 Å². The predicted molar refractivity (Wildman–Crippen MR) is 112 cm³/mol. The molecule has 5 heteroatoms. The fourth-order valence-corrected chi connectivity index (χ4v) is 3.55. The van der Waals surface area contributed by atoms with Gasteiger partial charge in [0.25, 0.3) is 0 Å². The maximum Gasteiger partial charge on any atom is 0.450 e. The molecular formula is C23H33NO4. The van der Waals surface area contributed by atoms with E-state index in [1.165, 1.54) is 55.9 Å². The lowest BCUT2D eigenvalue weighted by Crippen LogP contribution is -2.16. The van der Waals surface area contributed by atoms with Gasteiger partial charge in [-0.15, -0.1) is 0 Å². The van der Waals surface area contributed by atoms with Crippen molar-refractivity contribution in [3.8, 4) is 0 Å². The number of nitrogens with zero attached hydrogens (tertiary/aromatic N) is 1. The van der Waals surface area contributed by atoms with Crippen LogP contribution in [0.15, 0.2) is 24.3 Å². The van der Waals surface area contributed by atoms with E-state index in [0.29, 0.717) is 23.4 Å². The highest BCUT2D eigenvalue weighted by molar-refractivity contribution is 6.03. The van der Waals surface area contributed by atoms with Crippen LogP contribution in [-0.4, -0.2) is 23.6 Å². The molecular weight excluding hydrogens is 354 g/mol. The number of aldehydes is 1. The first-order valence-corrected chi connectivity index (χ1v) is 10.6. The maximum atomic E-state index is 12.4. The van der Waals surface area contributed by atoms with Crippen LogP contribution in [0.5, 0.6) is 0 Å². The average molecular weight is 388 g/mol. The summed E-state index contributed by atoms with van der Waals surface area (Å²) in [5.41, 5.74) is 1.71. The van der Waals surface area contributed by atoms with Crippen LogP contribution in [0.2, 0.25) is 0 Å². The number of aromatic nitrogens is 1. The zero-order valence-electron chi connectivity index (χ0n) is 17.2. The second-order valence-electron chi connectivity index (χ2n) is 7.32. The van der Waals surface area contributed by atoms with Gasteiger partial charge in [-0.05, 0) is 19.4 Å². The molecule has 2 aromatic rings. The Kier molecular flexibility index (Phi) is 9.77. The largest absolute Gasteiger partial charge is 0.450 e. The Morgan fingerprint density at radius 1 is 0.964 bits per heavy atom. The molecule has 1 heterocycles. The van der Waals surface area contributed by atoms with E-state index >= 15 is 0 Å². The van der Waals surface area contributed by atoms with Crippen LogP contribution in [0.3, 0.4) is 0 Å². The Hall–Kier alpha value is -2.14. The smallest absolute Gasteiger partial charge is 0.298 e. The molecule has 0 atom stereocenters. The summed E-state index contributed by atoms with van der Waals surface area (Å²) in [6.45, 7) is 4.36. The molecule has 0 saturated heterocycles. The van der Waals surface area contributed by atoms with Crippen LogP contribution in [0.25, 0.3) is 10.9 Å². The summed E-state index contributed by atoms with van der Waals surface area (Å²) >= 11 is 0. The van der Waals surface area contributed by atoms with Crippen molar-refractivity contribution in [2.45, 2.75) is 78.1 Å². The molecule has 0 aliphatic rings. The normalized spacial score (nSPS) is 11.1. The third kappa shape index (κ3) is 6.20. The second-order valence-corrected chi connectivity index (χ2v) is 7.32. The highest BCUT2D eigenvalue weighted by Gasteiger charge is 2.19. The van der Waals surface area contributed by atoms with Gasteiger partial charge in [-0.3, -0.25) is 9.68 Å². The van der Waals surface area contributed by atoms with Crippen molar-refractivity contribution in [3.05, 3.63) is 35.5 Å². The fourth-order valence-electron chi connectivity index (χ4n) is 3.55. The minimum absolute atomic E-state index is 0.390. The van der Waals surface area contributed by atoms with Crippen LogP contribution in [0, 0.1) is 6.92 Å². The summed E-state index contributed by atoms with van der Waals surface area (Å²) in [6.07, 6.45) is 12.5. The Morgan fingerprint density at radius 2 is 1.57 bits per heavy atom. The molecule has 2 rings (SSSR count). The van der Waals surface area contributed by atoms with E-state index in [-0.39, 0.29) is 0 Å². The number of unbranched alkanes of at least 4 members (excludes halogenated alkanes) is 9. The van der Waals surface area contributed by atoms with Crippen molar-refractivity contribution in [2.24, 2.45) is 0 Å². The lowest BCUT2D eigenvalue weighted by atomic mass is 10.1. The SMILES string of the molecule is CCCCCCCCCCCCOOC(=O)n1c(C)c(C=O)c2ccccc21. The van der Waals surface area contributed by atoms with Gasteiger partial charge in [-0.2, -0.15) is 4.89 Å². The Labute approximate surface area is 167 Å². The molecule has 0 unspecified atom stereocenters. The summed E-state index contributed by atoms with van der Waals surface area (Å²) in [6, 6.07) is 7.27. The van der Waals surface area contributed by atoms with E-state index in [1.54, 1.807) is 13.0 Å². The first kappa shape index (κ1) is 22.2. The van der Waals surface area contributed by atoms with Gasteiger partial charge < -0.3 is 0 Å². The molecule has 28 heavy (non-hydrogen) atoms. The molecule has 1 aromatic carbocycles. The average Bonchev–Trinajstić information content (AvgIpc) is 2.99. The second kappa shape index (κ2) is 12.3. The number of rotatable bonds is 13. The molecule has 5 nitrogen and oxygen atoms in total. The van der Waals surface area contributed by atoms with Gasteiger partial charge in [-0.25, -0.2) is 9.36 Å². The number of hydrogen-bond donors (Lipinski definition) is 0. The first-order valence-electron chi connectivity index (χ1n) is 10.6. The lowest BCUT2D eigenvalue weighted by molar-refractivity contribution is -0.238. The van der Waals surface area contributed by atoms with Crippen LogP contribution in [0.4, 0.5) is 4.79 Å². The summed E-state index contributed by atoms with van der Waals surface area (Å²) < 4.78 is 1.39. The van der Waals surface area contributed by atoms with Crippen LogP contribution in [0.1, 0.15) is 87.2 Å². The van der Waals surface area contributed by atoms with E-state index in [1.807, 2.05) is 18.2 Å². The number of carbonyl (C=O) groups is 2. The quantitative estimate of drug-likeness (QED) is 0.168. The molecule has 0 aliphatic carbocycles. The van der Waals surface area contributed by atoms with Crippen molar-refractivity contribution in [1.82, 2.24) is 4.57 Å². The number of benzene rings is 1. The van der Waals surface area contributed by atoms with Crippen molar-refractivity contribution >= 4 is 23.3 Å². The lowest BCUT2D eigenvalue weighted by Gasteiger charge is -2.07.